The summed E-state index contributed by atoms with van der Waals surface area (Å²) in [6, 6.07) is 12.0. The summed E-state index contributed by atoms with van der Waals surface area (Å²) < 4.78 is 0. The third-order valence-corrected chi connectivity index (χ3v) is 3.17. The van der Waals surface area contributed by atoms with Crippen molar-refractivity contribution in [3.8, 4) is 10.4 Å². The molecular weight excluding hydrogens is 240 g/mol. The lowest BCUT2D eigenvalue weighted by Crippen LogP contribution is -1.81. The number of halogens is 1. The smallest absolute Gasteiger partial charge is 0.245 e. The zero-order valence-electron chi connectivity index (χ0n) is 8.39. The molecule has 1 heterocycles. The molecule has 0 saturated heterocycles. The summed E-state index contributed by atoms with van der Waals surface area (Å²) in [7, 11) is 0. The van der Waals surface area contributed by atoms with E-state index in [-0.39, 0.29) is 0 Å². The summed E-state index contributed by atoms with van der Waals surface area (Å²) in [5.41, 5.74) is 2.12. The lowest BCUT2D eigenvalue weighted by atomic mass is 10.1. The molecule has 0 radical (unpaired) electrons. The summed E-state index contributed by atoms with van der Waals surface area (Å²) in [6.07, 6.45) is 3.11. The highest BCUT2D eigenvalue weighted by Gasteiger charge is 2.02. The third kappa shape index (κ3) is 2.60. The number of hydrogen-bond donors (Lipinski definition) is 0. The normalized spacial score (nSPS) is 10.8. The second kappa shape index (κ2) is 5.10. The number of rotatable bonds is 3. The molecule has 0 aliphatic rings. The van der Waals surface area contributed by atoms with Crippen LogP contribution in [-0.2, 0) is 4.79 Å². The Morgan fingerprint density at radius 2 is 2.00 bits per heavy atom. The molecule has 0 bridgehead atoms. The monoisotopic (exact) mass is 248 g/mol. The number of carbonyl (C=O) groups excluding carboxylic acids is 1. The maximum Gasteiger partial charge on any atom is 0.245 e. The van der Waals surface area contributed by atoms with E-state index in [2.05, 4.69) is 6.07 Å². The summed E-state index contributed by atoms with van der Waals surface area (Å²) >= 11 is 6.95. The van der Waals surface area contributed by atoms with Gasteiger partial charge in [-0.25, -0.2) is 0 Å². The van der Waals surface area contributed by atoms with Gasteiger partial charge < -0.3 is 0 Å². The first-order valence-electron chi connectivity index (χ1n) is 4.78. The minimum atomic E-state index is -0.457. The van der Waals surface area contributed by atoms with E-state index in [0.717, 1.165) is 11.1 Å². The molecule has 0 unspecified atom stereocenters. The average molecular weight is 249 g/mol. The van der Waals surface area contributed by atoms with Crippen LogP contribution in [0.3, 0.4) is 0 Å². The molecule has 16 heavy (non-hydrogen) atoms. The summed E-state index contributed by atoms with van der Waals surface area (Å²) in [5.74, 6) is 0. The molecule has 1 aromatic heterocycles. The molecule has 1 aromatic carbocycles. The van der Waals surface area contributed by atoms with Crippen LogP contribution in [-0.4, -0.2) is 5.24 Å². The first-order valence-corrected chi connectivity index (χ1v) is 6.03. The Balaban J connectivity index is 2.42. The number of allylic oxidation sites excluding steroid dienone is 1. The molecule has 0 atom stereocenters. The van der Waals surface area contributed by atoms with Crippen molar-refractivity contribution in [3.05, 3.63) is 53.4 Å². The summed E-state index contributed by atoms with van der Waals surface area (Å²) in [6.45, 7) is 0. The molecule has 2 aromatic rings. The van der Waals surface area contributed by atoms with E-state index in [0.29, 0.717) is 0 Å². The van der Waals surface area contributed by atoms with Gasteiger partial charge in [-0.05, 0) is 46.3 Å². The number of thiophene rings is 1. The molecule has 0 spiro atoms. The lowest BCUT2D eigenvalue weighted by molar-refractivity contribution is -0.107. The fraction of sp³-hybridized carbons (Fsp3) is 0. The van der Waals surface area contributed by atoms with Crippen molar-refractivity contribution in [1.29, 1.82) is 0 Å². The van der Waals surface area contributed by atoms with Crippen molar-refractivity contribution in [2.45, 2.75) is 0 Å². The van der Waals surface area contributed by atoms with Crippen LogP contribution in [0, 0.1) is 0 Å². The van der Waals surface area contributed by atoms with Crippen LogP contribution in [0.1, 0.15) is 5.56 Å². The van der Waals surface area contributed by atoms with Crippen LogP contribution in [0.5, 0.6) is 0 Å². The molecule has 0 N–H and O–H groups in total. The Morgan fingerprint density at radius 1 is 1.19 bits per heavy atom. The first-order chi connectivity index (χ1) is 7.77. The van der Waals surface area contributed by atoms with Gasteiger partial charge in [0.05, 0.1) is 0 Å². The van der Waals surface area contributed by atoms with Crippen molar-refractivity contribution in [2.75, 3.05) is 0 Å². The van der Waals surface area contributed by atoms with Crippen molar-refractivity contribution < 1.29 is 4.79 Å². The highest BCUT2D eigenvalue weighted by atomic mass is 35.5. The molecular formula is C13H9ClOS. The van der Waals surface area contributed by atoms with Gasteiger partial charge in [-0.1, -0.05) is 30.3 Å². The lowest BCUT2D eigenvalue weighted by Gasteiger charge is -2.02. The summed E-state index contributed by atoms with van der Waals surface area (Å²) in [5, 5.41) is 1.57. The van der Waals surface area contributed by atoms with Crippen LogP contribution in [0.4, 0.5) is 0 Å². The Kier molecular flexibility index (Phi) is 3.54. The van der Waals surface area contributed by atoms with E-state index in [4.69, 9.17) is 11.6 Å². The zero-order valence-corrected chi connectivity index (χ0v) is 9.96. The number of carbonyl (C=O) groups is 1. The molecule has 0 amide bonds. The topological polar surface area (TPSA) is 17.1 Å². The van der Waals surface area contributed by atoms with Gasteiger partial charge in [0, 0.05) is 4.88 Å². The van der Waals surface area contributed by atoms with Gasteiger partial charge in [0.25, 0.3) is 0 Å². The Labute approximate surface area is 103 Å². The van der Waals surface area contributed by atoms with Gasteiger partial charge in [-0.3, -0.25) is 4.79 Å². The van der Waals surface area contributed by atoms with Gasteiger partial charge in [0.15, 0.2) is 0 Å². The van der Waals surface area contributed by atoms with E-state index in [9.17, 15) is 4.79 Å². The van der Waals surface area contributed by atoms with Gasteiger partial charge in [-0.15, -0.1) is 11.3 Å². The predicted molar refractivity (Wildman–Crippen MR) is 69.6 cm³/mol. The Hall–Kier alpha value is -1.38. The second-order valence-corrected chi connectivity index (χ2v) is 4.52. The molecule has 0 fully saturated rings. The summed E-state index contributed by atoms with van der Waals surface area (Å²) in [4.78, 5) is 11.9. The van der Waals surface area contributed by atoms with Crippen LogP contribution < -0.4 is 0 Å². The van der Waals surface area contributed by atoms with Crippen molar-refractivity contribution >= 4 is 34.3 Å². The minimum Gasteiger partial charge on any atom is -0.276 e. The number of benzene rings is 1. The molecule has 0 aliphatic carbocycles. The fourth-order valence-electron chi connectivity index (χ4n) is 1.45. The van der Waals surface area contributed by atoms with Gasteiger partial charge >= 0.3 is 0 Å². The first kappa shape index (κ1) is 11.1. The van der Waals surface area contributed by atoms with E-state index < -0.39 is 5.24 Å². The van der Waals surface area contributed by atoms with E-state index in [1.54, 1.807) is 17.4 Å². The second-order valence-electron chi connectivity index (χ2n) is 3.20. The molecule has 3 heteroatoms. The van der Waals surface area contributed by atoms with E-state index in [1.807, 2.05) is 35.7 Å². The van der Waals surface area contributed by atoms with E-state index in [1.165, 1.54) is 11.0 Å². The largest absolute Gasteiger partial charge is 0.276 e. The maximum atomic E-state index is 10.7. The van der Waals surface area contributed by atoms with Crippen LogP contribution in [0.2, 0.25) is 0 Å². The predicted octanol–water partition coefficient (Wildman–Crippen LogP) is 4.19. The van der Waals surface area contributed by atoms with Crippen LogP contribution in [0.25, 0.3) is 16.5 Å². The zero-order chi connectivity index (χ0) is 11.4. The average Bonchev–Trinajstić information content (AvgIpc) is 2.80. The minimum absolute atomic E-state index is 0.457. The molecule has 2 rings (SSSR count). The highest BCUT2D eigenvalue weighted by Crippen LogP contribution is 2.28. The third-order valence-electron chi connectivity index (χ3n) is 2.14. The quantitative estimate of drug-likeness (QED) is 0.588. The molecule has 0 aliphatic heterocycles. The maximum absolute atomic E-state index is 10.7. The molecule has 80 valence electrons. The van der Waals surface area contributed by atoms with Gasteiger partial charge in [-0.2, -0.15) is 0 Å². The van der Waals surface area contributed by atoms with Gasteiger partial charge in [0.1, 0.15) is 0 Å². The van der Waals surface area contributed by atoms with E-state index >= 15 is 0 Å². The van der Waals surface area contributed by atoms with Crippen molar-refractivity contribution in [2.24, 2.45) is 0 Å². The SMILES string of the molecule is O=C(Cl)C=Cc1ccccc1-c1cccs1. The van der Waals surface area contributed by atoms with Crippen LogP contribution >= 0.6 is 22.9 Å². The highest BCUT2D eigenvalue weighted by molar-refractivity contribution is 7.13. The molecule has 0 saturated carbocycles. The van der Waals surface area contributed by atoms with Crippen LogP contribution in [0.15, 0.2) is 47.9 Å². The molecule has 1 nitrogen and oxygen atoms in total. The van der Waals surface area contributed by atoms with Crippen molar-refractivity contribution in [1.82, 2.24) is 0 Å². The van der Waals surface area contributed by atoms with Gasteiger partial charge in [0.2, 0.25) is 5.24 Å². The fourth-order valence-corrected chi connectivity index (χ4v) is 2.29. The number of hydrogen-bond acceptors (Lipinski definition) is 2. The Bertz CT molecular complexity index is 514. The Morgan fingerprint density at radius 3 is 2.69 bits per heavy atom. The van der Waals surface area contributed by atoms with Crippen molar-refractivity contribution in [3.63, 3.8) is 0 Å². The standard InChI is InChI=1S/C13H9ClOS/c14-13(15)8-7-10-4-1-2-5-11(10)12-6-3-9-16-12/h1-9H.